The molecule has 1 saturated carbocycles. The summed E-state index contributed by atoms with van der Waals surface area (Å²) >= 11 is 0. The van der Waals surface area contributed by atoms with Gasteiger partial charge < -0.3 is 19.8 Å². The molecule has 3 rings (SSSR count). The molecule has 6 nitrogen and oxygen atoms in total. The molecule has 0 spiro atoms. The van der Waals surface area contributed by atoms with E-state index in [1.54, 1.807) is 14.2 Å². The number of ether oxygens (including phenoxy) is 1. The predicted molar refractivity (Wildman–Crippen MR) is 123 cm³/mol. The smallest absolute Gasteiger partial charge is 0.214 e. The Morgan fingerprint density at radius 3 is 2.54 bits per heavy atom. The summed E-state index contributed by atoms with van der Waals surface area (Å²) in [7, 11) is 3.53. The summed E-state index contributed by atoms with van der Waals surface area (Å²) in [5.74, 6) is 3.25. The zero-order valence-electron chi connectivity index (χ0n) is 17.2. The van der Waals surface area contributed by atoms with E-state index in [-0.39, 0.29) is 29.4 Å². The van der Waals surface area contributed by atoms with Gasteiger partial charge in [-0.25, -0.2) is 4.98 Å². The SMILES string of the molecule is CN=C(NCc1nc(C)c(C)o1)NCC1(c2ccccc2OC)CCCC1.I. The molecule has 1 fully saturated rings. The third-order valence-corrected chi connectivity index (χ3v) is 5.54. The lowest BCUT2D eigenvalue weighted by Crippen LogP contribution is -2.44. The second kappa shape index (κ2) is 10.1. The van der Waals surface area contributed by atoms with E-state index in [0.29, 0.717) is 12.4 Å². The van der Waals surface area contributed by atoms with Gasteiger partial charge in [-0.2, -0.15) is 0 Å². The van der Waals surface area contributed by atoms with Crippen molar-refractivity contribution in [3.8, 4) is 5.75 Å². The van der Waals surface area contributed by atoms with Gasteiger partial charge in [0.1, 0.15) is 11.5 Å². The Hall–Kier alpha value is -1.77. The monoisotopic (exact) mass is 498 g/mol. The number of aromatic nitrogens is 1. The van der Waals surface area contributed by atoms with Crippen LogP contribution in [-0.4, -0.2) is 31.6 Å². The molecule has 0 saturated heterocycles. The van der Waals surface area contributed by atoms with Crippen LogP contribution in [0.2, 0.25) is 0 Å². The number of benzene rings is 1. The minimum Gasteiger partial charge on any atom is -0.496 e. The number of halogens is 1. The predicted octanol–water partition coefficient (Wildman–Crippen LogP) is 4.10. The van der Waals surface area contributed by atoms with E-state index in [2.05, 4.69) is 38.8 Å². The summed E-state index contributed by atoms with van der Waals surface area (Å²) < 4.78 is 11.3. The number of hydrogen-bond donors (Lipinski definition) is 2. The van der Waals surface area contributed by atoms with Gasteiger partial charge in [-0.3, -0.25) is 4.99 Å². The first-order chi connectivity index (χ1) is 13.1. The molecule has 2 aromatic rings. The molecule has 1 aliphatic rings. The van der Waals surface area contributed by atoms with Crippen LogP contribution >= 0.6 is 24.0 Å². The topological polar surface area (TPSA) is 71.7 Å². The number of hydrogen-bond acceptors (Lipinski definition) is 4. The minimum absolute atomic E-state index is 0. The Labute approximate surface area is 184 Å². The van der Waals surface area contributed by atoms with E-state index in [4.69, 9.17) is 9.15 Å². The van der Waals surface area contributed by atoms with Crippen LogP contribution in [0.5, 0.6) is 5.75 Å². The maximum Gasteiger partial charge on any atom is 0.214 e. The Morgan fingerprint density at radius 2 is 1.93 bits per heavy atom. The van der Waals surface area contributed by atoms with Crippen molar-refractivity contribution < 1.29 is 9.15 Å². The Balaban J connectivity index is 0.00000280. The van der Waals surface area contributed by atoms with Gasteiger partial charge in [0.2, 0.25) is 5.89 Å². The van der Waals surface area contributed by atoms with E-state index in [9.17, 15) is 0 Å². The molecule has 1 aliphatic carbocycles. The summed E-state index contributed by atoms with van der Waals surface area (Å²) in [5.41, 5.74) is 2.28. The molecule has 0 amide bonds. The van der Waals surface area contributed by atoms with Crippen LogP contribution < -0.4 is 15.4 Å². The van der Waals surface area contributed by atoms with Gasteiger partial charge in [0.05, 0.1) is 19.3 Å². The molecule has 0 radical (unpaired) electrons. The van der Waals surface area contributed by atoms with Crippen LogP contribution in [0.3, 0.4) is 0 Å². The number of aliphatic imine (C=N–C) groups is 1. The number of rotatable bonds is 6. The lowest BCUT2D eigenvalue weighted by Gasteiger charge is -2.32. The van der Waals surface area contributed by atoms with E-state index >= 15 is 0 Å². The highest BCUT2D eigenvalue weighted by Gasteiger charge is 2.37. The lowest BCUT2D eigenvalue weighted by molar-refractivity contribution is 0.371. The summed E-state index contributed by atoms with van der Waals surface area (Å²) in [6.45, 7) is 5.20. The third kappa shape index (κ3) is 4.98. The van der Waals surface area contributed by atoms with Gasteiger partial charge in [0.25, 0.3) is 0 Å². The molecule has 0 bridgehead atoms. The minimum atomic E-state index is 0. The highest BCUT2D eigenvalue weighted by Crippen LogP contribution is 2.44. The van der Waals surface area contributed by atoms with Crippen molar-refractivity contribution >= 4 is 29.9 Å². The Morgan fingerprint density at radius 1 is 1.21 bits per heavy atom. The second-order valence-electron chi connectivity index (χ2n) is 7.22. The average Bonchev–Trinajstić information content (AvgIpc) is 3.29. The maximum absolute atomic E-state index is 5.64. The third-order valence-electron chi connectivity index (χ3n) is 5.54. The van der Waals surface area contributed by atoms with Gasteiger partial charge in [-0.15, -0.1) is 24.0 Å². The number of nitrogens with one attached hydrogen (secondary N) is 2. The van der Waals surface area contributed by atoms with Crippen molar-refractivity contribution in [3.05, 3.63) is 47.2 Å². The number of methoxy groups -OCH3 is 1. The van der Waals surface area contributed by atoms with E-state index in [0.717, 1.165) is 42.5 Å². The molecule has 1 aromatic heterocycles. The van der Waals surface area contributed by atoms with E-state index in [1.165, 1.54) is 18.4 Å². The number of aryl methyl sites for hydroxylation is 2. The van der Waals surface area contributed by atoms with Crippen LogP contribution in [0.15, 0.2) is 33.7 Å². The molecule has 28 heavy (non-hydrogen) atoms. The molecule has 2 N–H and O–H groups in total. The molecule has 0 unspecified atom stereocenters. The van der Waals surface area contributed by atoms with Crippen molar-refractivity contribution in [1.29, 1.82) is 0 Å². The highest BCUT2D eigenvalue weighted by molar-refractivity contribution is 14.0. The van der Waals surface area contributed by atoms with Crippen molar-refractivity contribution in [2.45, 2.75) is 51.5 Å². The van der Waals surface area contributed by atoms with Gasteiger partial charge in [0.15, 0.2) is 5.96 Å². The quantitative estimate of drug-likeness (QED) is 0.357. The van der Waals surface area contributed by atoms with Gasteiger partial charge >= 0.3 is 0 Å². The average molecular weight is 498 g/mol. The Kier molecular flexibility index (Phi) is 8.15. The zero-order chi connectivity index (χ0) is 19.3. The summed E-state index contributed by atoms with van der Waals surface area (Å²) in [5, 5.41) is 6.81. The van der Waals surface area contributed by atoms with Crippen LogP contribution in [0.1, 0.15) is 48.6 Å². The summed E-state index contributed by atoms with van der Waals surface area (Å²) in [4.78, 5) is 8.76. The number of oxazole rings is 1. The normalized spacial score (nSPS) is 15.8. The van der Waals surface area contributed by atoms with Gasteiger partial charge in [-0.1, -0.05) is 31.0 Å². The van der Waals surface area contributed by atoms with Crippen LogP contribution in [-0.2, 0) is 12.0 Å². The second-order valence-corrected chi connectivity index (χ2v) is 7.22. The molecule has 0 aliphatic heterocycles. The first-order valence-corrected chi connectivity index (χ1v) is 9.59. The van der Waals surface area contributed by atoms with Gasteiger partial charge in [0, 0.05) is 24.6 Å². The first kappa shape index (κ1) is 22.5. The van der Waals surface area contributed by atoms with Crippen molar-refractivity contribution in [3.63, 3.8) is 0 Å². The molecule has 154 valence electrons. The largest absolute Gasteiger partial charge is 0.496 e. The molecular weight excluding hydrogens is 467 g/mol. The van der Waals surface area contributed by atoms with Crippen molar-refractivity contribution in [2.75, 3.05) is 20.7 Å². The fourth-order valence-electron chi connectivity index (χ4n) is 3.92. The summed E-state index contributed by atoms with van der Waals surface area (Å²) in [6.07, 6.45) is 4.77. The van der Waals surface area contributed by atoms with Crippen molar-refractivity contribution in [2.24, 2.45) is 4.99 Å². The number of para-hydroxylation sites is 1. The van der Waals surface area contributed by atoms with Gasteiger partial charge in [-0.05, 0) is 32.8 Å². The molecule has 7 heteroatoms. The fraction of sp³-hybridized carbons (Fsp3) is 0.524. The molecule has 0 atom stereocenters. The standard InChI is InChI=1S/C21H30N4O2.HI/c1-15-16(2)27-19(25-15)13-23-20(22-3)24-14-21(11-7-8-12-21)17-9-5-6-10-18(17)26-4;/h5-6,9-10H,7-8,11-14H2,1-4H3,(H2,22,23,24);1H. The molecular formula is C21H31IN4O2. The Bertz CT molecular complexity index is 778. The maximum atomic E-state index is 5.64. The molecule has 1 aromatic carbocycles. The zero-order valence-corrected chi connectivity index (χ0v) is 19.5. The summed E-state index contributed by atoms with van der Waals surface area (Å²) in [6, 6.07) is 8.37. The first-order valence-electron chi connectivity index (χ1n) is 9.59. The molecule has 1 heterocycles. The van der Waals surface area contributed by atoms with E-state index in [1.807, 2.05) is 19.9 Å². The van der Waals surface area contributed by atoms with Crippen LogP contribution in [0.4, 0.5) is 0 Å². The number of nitrogens with zero attached hydrogens (tertiary/aromatic N) is 2. The van der Waals surface area contributed by atoms with Crippen LogP contribution in [0, 0.1) is 13.8 Å². The van der Waals surface area contributed by atoms with Crippen molar-refractivity contribution in [1.82, 2.24) is 15.6 Å². The van der Waals surface area contributed by atoms with E-state index < -0.39 is 0 Å². The lowest BCUT2D eigenvalue weighted by atomic mass is 9.78. The fourth-order valence-corrected chi connectivity index (χ4v) is 3.92. The highest BCUT2D eigenvalue weighted by atomic mass is 127. The van der Waals surface area contributed by atoms with Crippen LogP contribution in [0.25, 0.3) is 0 Å². The number of guanidine groups is 1.